The molecule has 0 saturated carbocycles. The van der Waals surface area contributed by atoms with Gasteiger partial charge in [0.1, 0.15) is 0 Å². The van der Waals surface area contributed by atoms with Gasteiger partial charge in [-0.15, -0.1) is 0 Å². The van der Waals surface area contributed by atoms with E-state index in [9.17, 15) is 0 Å². The molecule has 90 heavy (non-hydrogen) atoms. The molecule has 13 aromatic carbocycles. The van der Waals surface area contributed by atoms with Gasteiger partial charge in [-0.05, 0) is 184 Å². The molecule has 2 heteroatoms. The number of benzene rings is 13. The Morgan fingerprint density at radius 1 is 0.200 bits per heavy atom. The van der Waals surface area contributed by atoms with Crippen LogP contribution in [0.4, 0.5) is 34.1 Å². The molecule has 0 fully saturated rings. The molecule has 2 nitrogen and oxygen atoms in total. The molecule has 0 spiro atoms. The first-order valence-electron chi connectivity index (χ1n) is 31.4. The van der Waals surface area contributed by atoms with Gasteiger partial charge in [0.2, 0.25) is 0 Å². The highest BCUT2D eigenvalue weighted by Crippen LogP contribution is 2.53. The van der Waals surface area contributed by atoms with Crippen LogP contribution in [0, 0.1) is 0 Å². The summed E-state index contributed by atoms with van der Waals surface area (Å²) in [5, 5.41) is 0. The average molecular weight is 1150 g/mol. The molecule has 430 valence electrons. The molecule has 0 aromatic heterocycles. The number of nitrogens with zero attached hydrogens (tertiary/aromatic N) is 2. The Balaban J connectivity index is 0.650. The molecule has 2 aliphatic rings. The molecule has 0 unspecified atom stereocenters. The maximum absolute atomic E-state index is 2.42. The van der Waals surface area contributed by atoms with Gasteiger partial charge in [0.15, 0.2) is 0 Å². The van der Waals surface area contributed by atoms with Crippen molar-refractivity contribution >= 4 is 58.4 Å². The fourth-order valence-electron chi connectivity index (χ4n) is 13.7. The monoisotopic (exact) mass is 1150 g/mol. The van der Waals surface area contributed by atoms with E-state index in [4.69, 9.17) is 0 Å². The lowest BCUT2D eigenvalue weighted by atomic mass is 9.81. The third-order valence-corrected chi connectivity index (χ3v) is 18.7. The number of rotatable bonds is 14. The van der Waals surface area contributed by atoms with Gasteiger partial charge in [-0.2, -0.15) is 0 Å². The minimum atomic E-state index is -0.211. The van der Waals surface area contributed by atoms with Gasteiger partial charge in [0.25, 0.3) is 0 Å². The van der Waals surface area contributed by atoms with Gasteiger partial charge in [-0.1, -0.05) is 295 Å². The van der Waals surface area contributed by atoms with Crippen molar-refractivity contribution in [3.63, 3.8) is 0 Å². The van der Waals surface area contributed by atoms with E-state index in [1.807, 2.05) is 0 Å². The molecule has 0 heterocycles. The van der Waals surface area contributed by atoms with Crippen LogP contribution in [0.15, 0.2) is 315 Å². The van der Waals surface area contributed by atoms with Gasteiger partial charge >= 0.3 is 0 Å². The SMILES string of the molecule is CC1(C)c2cc(C=Cc3ccc(C=Cc4ccc5c(c4)C(C)(C)c4cc(N(c6ccc(-c7ccccc7)cc6)c6ccc(-c7ccccc7)cc6)ccc4-5)cc3)ccc2-c2ccc(N(c3ccc(-c4ccccc4)cc3)c3ccc(-c4ccccc4)cc3)cc21. The van der Waals surface area contributed by atoms with Crippen molar-refractivity contribution < 1.29 is 0 Å². The average Bonchev–Trinajstić information content (AvgIpc) is 1.61. The smallest absolute Gasteiger partial charge is 0.0465 e. The van der Waals surface area contributed by atoms with E-state index in [0.29, 0.717) is 0 Å². The van der Waals surface area contributed by atoms with E-state index >= 15 is 0 Å². The predicted molar refractivity (Wildman–Crippen MR) is 383 cm³/mol. The van der Waals surface area contributed by atoms with E-state index in [-0.39, 0.29) is 10.8 Å². The van der Waals surface area contributed by atoms with Crippen LogP contribution >= 0.6 is 0 Å². The second-order valence-electron chi connectivity index (χ2n) is 25.0. The van der Waals surface area contributed by atoms with Crippen LogP contribution in [0.1, 0.15) is 72.2 Å². The summed E-state index contributed by atoms with van der Waals surface area (Å²) >= 11 is 0. The molecule has 15 rings (SSSR count). The van der Waals surface area contributed by atoms with Crippen molar-refractivity contribution in [2.75, 3.05) is 9.80 Å². The first-order chi connectivity index (χ1) is 44.1. The number of hydrogen-bond donors (Lipinski definition) is 0. The molecule has 0 saturated heterocycles. The Labute approximate surface area is 530 Å². The van der Waals surface area contributed by atoms with Crippen LogP contribution in [-0.2, 0) is 10.8 Å². The third kappa shape index (κ3) is 10.6. The van der Waals surface area contributed by atoms with E-state index in [2.05, 4.69) is 377 Å². The molecule has 0 aliphatic heterocycles. The van der Waals surface area contributed by atoms with Gasteiger partial charge in [-0.25, -0.2) is 0 Å². The van der Waals surface area contributed by atoms with Crippen LogP contribution in [0.5, 0.6) is 0 Å². The molecule has 0 radical (unpaired) electrons. The molecule has 0 N–H and O–H groups in total. The van der Waals surface area contributed by atoms with Crippen molar-refractivity contribution in [1.82, 2.24) is 0 Å². The van der Waals surface area contributed by atoms with E-state index < -0.39 is 0 Å². The summed E-state index contributed by atoms with van der Waals surface area (Å²) in [7, 11) is 0. The molecule has 0 bridgehead atoms. The largest absolute Gasteiger partial charge is 0.310 e. The Hall–Kier alpha value is -11.1. The van der Waals surface area contributed by atoms with E-state index in [1.165, 1.54) is 100 Å². The van der Waals surface area contributed by atoms with Crippen LogP contribution in [0.3, 0.4) is 0 Å². The predicted octanol–water partition coefficient (Wildman–Crippen LogP) is 24.2. The molecule has 0 amide bonds. The van der Waals surface area contributed by atoms with Crippen LogP contribution in [0.25, 0.3) is 91.1 Å². The zero-order chi connectivity index (χ0) is 60.8. The van der Waals surface area contributed by atoms with Crippen LogP contribution in [0.2, 0.25) is 0 Å². The highest BCUT2D eigenvalue weighted by molar-refractivity contribution is 5.90. The van der Waals surface area contributed by atoms with Gasteiger partial charge in [0.05, 0.1) is 0 Å². The summed E-state index contributed by atoms with van der Waals surface area (Å²) < 4.78 is 0. The third-order valence-electron chi connectivity index (χ3n) is 18.7. The fraction of sp³-hybridized carbons (Fsp3) is 0.0682. The zero-order valence-corrected chi connectivity index (χ0v) is 51.2. The number of fused-ring (bicyclic) bond motifs is 6. The summed E-state index contributed by atoms with van der Waals surface area (Å²) in [4.78, 5) is 4.79. The zero-order valence-electron chi connectivity index (χ0n) is 51.2. The minimum absolute atomic E-state index is 0.211. The second kappa shape index (κ2) is 23.2. The summed E-state index contributed by atoms with van der Waals surface area (Å²) in [6, 6.07) is 115. The first-order valence-corrected chi connectivity index (χ1v) is 31.4. The fourth-order valence-corrected chi connectivity index (χ4v) is 13.7. The lowest BCUT2D eigenvalue weighted by Crippen LogP contribution is -2.16. The van der Waals surface area contributed by atoms with Gasteiger partial charge in [0, 0.05) is 45.0 Å². The summed E-state index contributed by atoms with van der Waals surface area (Å²) in [5.74, 6) is 0. The van der Waals surface area contributed by atoms with Crippen LogP contribution < -0.4 is 9.80 Å². The van der Waals surface area contributed by atoms with Crippen molar-refractivity contribution in [2.45, 2.75) is 38.5 Å². The summed E-state index contributed by atoms with van der Waals surface area (Å²) in [6.07, 6.45) is 8.99. The summed E-state index contributed by atoms with van der Waals surface area (Å²) in [5.41, 5.74) is 31.2. The van der Waals surface area contributed by atoms with Crippen molar-refractivity contribution in [3.8, 4) is 66.8 Å². The number of hydrogen-bond acceptors (Lipinski definition) is 2. The second-order valence-corrected chi connectivity index (χ2v) is 25.0. The Kier molecular flexibility index (Phi) is 14.3. The standard InChI is InChI=1S/C88H68N2/c1-87(2)83-57-63(33-53-79(83)81-55-51-77(59-85(81)87)89(73-43-35-69(36-44-73)65-17-9-5-10-18-65)74-45-37-70(38-46-74)66-19-11-6-12-20-66)31-29-61-25-27-62(28-26-61)30-32-64-34-54-80-82-56-52-78(60-86(82)88(3,4)84(80)58-64)90(75-47-39-71(40-48-75)67-21-13-7-14-22-67)76-49-41-72(42-50-76)68-23-15-8-16-24-68/h5-60H,1-4H3. The molecule has 13 aromatic rings. The number of anilines is 6. The normalized spacial score (nSPS) is 13.2. The van der Waals surface area contributed by atoms with Crippen molar-refractivity contribution in [3.05, 3.63) is 360 Å². The topological polar surface area (TPSA) is 6.48 Å². The first kappa shape index (κ1) is 55.5. The Bertz CT molecular complexity index is 4310. The summed E-state index contributed by atoms with van der Waals surface area (Å²) in [6.45, 7) is 9.51. The van der Waals surface area contributed by atoms with E-state index in [1.54, 1.807) is 0 Å². The van der Waals surface area contributed by atoms with Gasteiger partial charge in [-0.3, -0.25) is 0 Å². The maximum atomic E-state index is 2.42. The van der Waals surface area contributed by atoms with Crippen molar-refractivity contribution in [1.29, 1.82) is 0 Å². The highest BCUT2D eigenvalue weighted by Gasteiger charge is 2.38. The lowest BCUT2D eigenvalue weighted by Gasteiger charge is -2.28. The Morgan fingerprint density at radius 3 is 0.689 bits per heavy atom. The van der Waals surface area contributed by atoms with Crippen LogP contribution in [-0.4, -0.2) is 0 Å². The highest BCUT2D eigenvalue weighted by atomic mass is 15.1. The van der Waals surface area contributed by atoms with Crippen molar-refractivity contribution in [2.24, 2.45) is 0 Å². The molecule has 0 atom stereocenters. The molecular formula is C88H68N2. The quantitative estimate of drug-likeness (QED) is 0.100. The molecule has 2 aliphatic carbocycles. The lowest BCUT2D eigenvalue weighted by molar-refractivity contribution is 0.660. The minimum Gasteiger partial charge on any atom is -0.310 e. The Morgan fingerprint density at radius 2 is 0.411 bits per heavy atom. The van der Waals surface area contributed by atoms with Gasteiger partial charge < -0.3 is 9.80 Å². The molecular weight excluding hydrogens is 1080 g/mol. The van der Waals surface area contributed by atoms with E-state index in [0.717, 1.165) is 45.3 Å². The maximum Gasteiger partial charge on any atom is 0.0465 e.